The summed E-state index contributed by atoms with van der Waals surface area (Å²) in [4.78, 5) is 6.24. The van der Waals surface area contributed by atoms with Crippen molar-refractivity contribution < 1.29 is 0 Å². The highest BCUT2D eigenvalue weighted by molar-refractivity contribution is 5.83. The number of para-hydroxylation sites is 1. The Morgan fingerprint density at radius 1 is 1.00 bits per heavy atom. The van der Waals surface area contributed by atoms with Crippen LogP contribution in [-0.2, 0) is 0 Å². The Balaban J connectivity index is 1.71. The van der Waals surface area contributed by atoms with Crippen molar-refractivity contribution >= 4 is 10.9 Å². The maximum absolute atomic E-state index is 3.51. The van der Waals surface area contributed by atoms with Gasteiger partial charge < -0.3 is 10.3 Å². The topological polar surface area (TPSA) is 31.1 Å². The number of H-pyrrole nitrogens is 1. The molecule has 118 valence electrons. The fourth-order valence-corrected chi connectivity index (χ4v) is 4.50. The van der Waals surface area contributed by atoms with Crippen LogP contribution >= 0.6 is 0 Å². The zero-order valence-corrected chi connectivity index (χ0v) is 13.4. The number of nitrogens with one attached hydrogen (secondary N) is 2. The summed E-state index contributed by atoms with van der Waals surface area (Å²) in [5.41, 5.74) is 2.82. The van der Waals surface area contributed by atoms with Crippen molar-refractivity contribution in [2.24, 2.45) is 5.92 Å². The molecule has 0 spiro atoms. The lowest BCUT2D eigenvalue weighted by molar-refractivity contribution is 0.104. The predicted molar refractivity (Wildman–Crippen MR) is 92.1 cm³/mol. The van der Waals surface area contributed by atoms with Crippen molar-refractivity contribution in [3.05, 3.63) is 36.0 Å². The molecular weight excluding hydrogens is 270 g/mol. The van der Waals surface area contributed by atoms with Crippen LogP contribution in [0.2, 0.25) is 0 Å². The van der Waals surface area contributed by atoms with Gasteiger partial charge in [0.25, 0.3) is 0 Å². The molecule has 2 heterocycles. The summed E-state index contributed by atoms with van der Waals surface area (Å²) >= 11 is 0. The number of piperazine rings is 1. The van der Waals surface area contributed by atoms with Gasteiger partial charge in [-0.15, -0.1) is 0 Å². The van der Waals surface area contributed by atoms with Crippen molar-refractivity contribution in [2.75, 3.05) is 26.2 Å². The van der Waals surface area contributed by atoms with E-state index in [-0.39, 0.29) is 0 Å². The molecule has 3 nitrogen and oxygen atoms in total. The molecule has 0 unspecified atom stereocenters. The molecule has 1 aliphatic carbocycles. The smallest absolute Gasteiger partial charge is 0.0457 e. The number of rotatable bonds is 3. The summed E-state index contributed by atoms with van der Waals surface area (Å²) in [6, 6.07) is 9.39. The van der Waals surface area contributed by atoms with Crippen molar-refractivity contribution in [3.8, 4) is 0 Å². The largest absolute Gasteiger partial charge is 0.361 e. The number of hydrogen-bond donors (Lipinski definition) is 2. The van der Waals surface area contributed by atoms with E-state index in [4.69, 9.17) is 0 Å². The van der Waals surface area contributed by atoms with Crippen molar-refractivity contribution in [1.29, 1.82) is 0 Å². The van der Waals surface area contributed by atoms with Crippen LogP contribution in [0.25, 0.3) is 10.9 Å². The van der Waals surface area contributed by atoms with Gasteiger partial charge in [-0.25, -0.2) is 0 Å². The molecule has 0 bridgehead atoms. The minimum atomic E-state index is 0.596. The summed E-state index contributed by atoms with van der Waals surface area (Å²) < 4.78 is 0. The number of aromatic amines is 1. The molecule has 22 heavy (non-hydrogen) atoms. The van der Waals surface area contributed by atoms with Gasteiger partial charge in [-0.05, 0) is 30.4 Å². The second-order valence-corrected chi connectivity index (χ2v) is 6.92. The quantitative estimate of drug-likeness (QED) is 0.905. The number of nitrogens with zero attached hydrogens (tertiary/aromatic N) is 1. The minimum absolute atomic E-state index is 0.596. The molecule has 3 heteroatoms. The van der Waals surface area contributed by atoms with E-state index in [1.165, 1.54) is 61.7 Å². The number of benzene rings is 1. The summed E-state index contributed by atoms with van der Waals surface area (Å²) in [6.07, 6.45) is 9.33. The molecule has 0 amide bonds. The molecule has 2 N–H and O–H groups in total. The Morgan fingerprint density at radius 3 is 2.59 bits per heavy atom. The highest BCUT2D eigenvalue weighted by Gasteiger charge is 2.32. The van der Waals surface area contributed by atoms with E-state index in [2.05, 4.69) is 45.7 Å². The second kappa shape index (κ2) is 6.43. The molecule has 2 aromatic rings. The maximum Gasteiger partial charge on any atom is 0.0457 e. The van der Waals surface area contributed by atoms with Gasteiger partial charge in [0, 0.05) is 49.3 Å². The fraction of sp³-hybridized carbons (Fsp3) is 0.579. The van der Waals surface area contributed by atoms with Gasteiger partial charge in [0.15, 0.2) is 0 Å². The van der Waals surface area contributed by atoms with E-state index in [0.717, 1.165) is 19.0 Å². The van der Waals surface area contributed by atoms with Crippen LogP contribution in [0.3, 0.4) is 0 Å². The van der Waals surface area contributed by atoms with Crippen LogP contribution in [-0.4, -0.2) is 36.1 Å². The molecule has 1 saturated carbocycles. The van der Waals surface area contributed by atoms with Gasteiger partial charge >= 0.3 is 0 Å². The lowest BCUT2D eigenvalue weighted by atomic mass is 9.80. The van der Waals surface area contributed by atoms with Gasteiger partial charge in [0.2, 0.25) is 0 Å². The highest BCUT2D eigenvalue weighted by Crippen LogP contribution is 2.40. The third kappa shape index (κ3) is 2.68. The molecule has 1 saturated heterocycles. The Kier molecular flexibility index (Phi) is 4.17. The third-order valence-corrected chi connectivity index (χ3v) is 5.58. The first-order valence-corrected chi connectivity index (χ1v) is 8.94. The zero-order chi connectivity index (χ0) is 14.8. The van der Waals surface area contributed by atoms with E-state index in [1.54, 1.807) is 0 Å². The lowest BCUT2D eigenvalue weighted by Crippen LogP contribution is -2.47. The molecule has 1 atom stereocenters. The molecule has 4 rings (SSSR count). The molecule has 1 aromatic carbocycles. The van der Waals surface area contributed by atoms with Crippen molar-refractivity contribution in [2.45, 2.75) is 38.1 Å². The van der Waals surface area contributed by atoms with Gasteiger partial charge in [-0.1, -0.05) is 37.5 Å². The summed E-state index contributed by atoms with van der Waals surface area (Å²) in [5.74, 6) is 0.825. The number of hydrogen-bond acceptors (Lipinski definition) is 2. The summed E-state index contributed by atoms with van der Waals surface area (Å²) in [6.45, 7) is 4.62. The van der Waals surface area contributed by atoms with Crippen molar-refractivity contribution in [3.63, 3.8) is 0 Å². The molecule has 0 radical (unpaired) electrons. The molecule has 2 fully saturated rings. The molecule has 1 aromatic heterocycles. The Morgan fingerprint density at radius 2 is 1.77 bits per heavy atom. The van der Waals surface area contributed by atoms with Crippen LogP contribution in [0.15, 0.2) is 30.5 Å². The maximum atomic E-state index is 3.51. The second-order valence-electron chi connectivity index (χ2n) is 6.92. The highest BCUT2D eigenvalue weighted by atomic mass is 15.2. The standard InChI is InChI=1S/C19H27N3/c1-2-6-15(7-3-1)19(22-12-10-20-11-13-22)17-14-21-18-9-5-4-8-16(17)18/h4-5,8-9,14-15,19-21H,1-3,6-7,10-13H2/t19-/m0/s1. The monoisotopic (exact) mass is 297 g/mol. The fourth-order valence-electron chi connectivity index (χ4n) is 4.50. The first kappa shape index (κ1) is 14.3. The van der Waals surface area contributed by atoms with Crippen LogP contribution in [0.1, 0.15) is 43.7 Å². The van der Waals surface area contributed by atoms with E-state index in [0.29, 0.717) is 6.04 Å². The predicted octanol–water partition coefficient (Wildman–Crippen LogP) is 3.69. The zero-order valence-electron chi connectivity index (χ0n) is 13.4. The molecular formula is C19H27N3. The van der Waals surface area contributed by atoms with E-state index < -0.39 is 0 Å². The first-order valence-electron chi connectivity index (χ1n) is 8.94. The number of aromatic nitrogens is 1. The van der Waals surface area contributed by atoms with Gasteiger partial charge in [-0.2, -0.15) is 0 Å². The SMILES string of the molecule is c1ccc2c([C@H](C3CCCCC3)N3CCNCC3)c[nH]c2c1. The van der Waals surface area contributed by atoms with E-state index in [9.17, 15) is 0 Å². The third-order valence-electron chi connectivity index (χ3n) is 5.58. The normalized spacial score (nSPS) is 22.9. The lowest BCUT2D eigenvalue weighted by Gasteiger charge is -2.41. The Bertz CT molecular complexity index is 588. The van der Waals surface area contributed by atoms with Crippen molar-refractivity contribution in [1.82, 2.24) is 15.2 Å². The van der Waals surface area contributed by atoms with Gasteiger partial charge in [-0.3, -0.25) is 4.90 Å². The Labute approximate surface area is 133 Å². The molecule has 2 aliphatic rings. The first-order chi connectivity index (χ1) is 10.9. The van der Waals surface area contributed by atoms with Gasteiger partial charge in [0.1, 0.15) is 0 Å². The van der Waals surface area contributed by atoms with Crippen LogP contribution in [0.4, 0.5) is 0 Å². The van der Waals surface area contributed by atoms with Crippen LogP contribution in [0, 0.1) is 5.92 Å². The van der Waals surface area contributed by atoms with E-state index >= 15 is 0 Å². The van der Waals surface area contributed by atoms with Crippen LogP contribution < -0.4 is 5.32 Å². The van der Waals surface area contributed by atoms with Gasteiger partial charge in [0.05, 0.1) is 0 Å². The average molecular weight is 297 g/mol. The van der Waals surface area contributed by atoms with Crippen LogP contribution in [0.5, 0.6) is 0 Å². The summed E-state index contributed by atoms with van der Waals surface area (Å²) in [5, 5.41) is 4.93. The average Bonchev–Trinajstić information content (AvgIpc) is 3.01. The van der Waals surface area contributed by atoms with E-state index in [1.807, 2.05) is 0 Å². The minimum Gasteiger partial charge on any atom is -0.361 e. The number of fused-ring (bicyclic) bond motifs is 1. The molecule has 1 aliphatic heterocycles. The Hall–Kier alpha value is -1.32. The summed E-state index contributed by atoms with van der Waals surface area (Å²) in [7, 11) is 0.